The number of carboxylic acid groups (broad SMARTS) is 2. The molecular formula is C22H18N4O6S2Zn. The van der Waals surface area contributed by atoms with Gasteiger partial charge < -0.3 is 39.2 Å². The van der Waals surface area contributed by atoms with Gasteiger partial charge in [-0.05, 0) is 61.5 Å². The van der Waals surface area contributed by atoms with Crippen LogP contribution in [-0.4, -0.2) is 42.0 Å². The van der Waals surface area contributed by atoms with Gasteiger partial charge in [-0.2, -0.15) is 9.97 Å². The molecule has 0 aliphatic heterocycles. The molecule has 2 aromatic heterocycles. The number of aromatic amines is 2. The van der Waals surface area contributed by atoms with E-state index in [0.717, 1.165) is 22.1 Å². The molecule has 0 spiro atoms. The summed E-state index contributed by atoms with van der Waals surface area (Å²) in [6.45, 7) is 0. The van der Waals surface area contributed by atoms with Crippen molar-refractivity contribution in [2.24, 2.45) is 0 Å². The van der Waals surface area contributed by atoms with E-state index in [9.17, 15) is 19.8 Å². The quantitative estimate of drug-likeness (QED) is 0.238. The van der Waals surface area contributed by atoms with Crippen LogP contribution in [0, 0.1) is 0 Å². The molecule has 0 saturated carbocycles. The van der Waals surface area contributed by atoms with Crippen molar-refractivity contribution in [2.75, 3.05) is 0 Å². The second kappa shape index (κ2) is 13.6. The van der Waals surface area contributed by atoms with E-state index in [1.54, 1.807) is 0 Å². The minimum Gasteiger partial charge on any atom is -0.550 e. The second-order valence-corrected chi connectivity index (χ2v) is 7.72. The number of thiocarbonyl (C=S) groups is 2. The Morgan fingerprint density at radius 1 is 0.714 bits per heavy atom. The predicted octanol–water partition coefficient (Wildman–Crippen LogP) is 1.60. The average molecular weight is 564 g/mol. The molecule has 0 bridgehead atoms. The molecule has 0 fully saturated rings. The first-order valence-corrected chi connectivity index (χ1v) is 10.8. The van der Waals surface area contributed by atoms with Crippen molar-refractivity contribution >= 4 is 68.5 Å². The van der Waals surface area contributed by atoms with E-state index in [1.807, 2.05) is 48.5 Å². The zero-order valence-corrected chi connectivity index (χ0v) is 22.9. The Hall–Kier alpha value is -3.28. The van der Waals surface area contributed by atoms with Crippen LogP contribution in [0.5, 0.6) is 12.0 Å². The molecule has 35 heavy (non-hydrogen) atoms. The van der Waals surface area contributed by atoms with Crippen molar-refractivity contribution in [3.8, 4) is 12.0 Å². The van der Waals surface area contributed by atoms with Crippen LogP contribution < -0.4 is 19.7 Å². The third kappa shape index (κ3) is 9.12. The monoisotopic (exact) mass is 562 g/mol. The molecule has 13 heteroatoms. The maximum Gasteiger partial charge on any atom is 2.00 e. The number of carbonyl (C=O) groups excluding carboxylic acids is 2. The number of ether oxygens (including phenoxy) is 2. The van der Waals surface area contributed by atoms with Crippen LogP contribution in [0.2, 0.25) is 0 Å². The van der Waals surface area contributed by atoms with Crippen LogP contribution in [-0.2, 0) is 29.1 Å². The molecule has 176 valence electrons. The number of H-pyrrole nitrogens is 2. The van der Waals surface area contributed by atoms with E-state index in [2.05, 4.69) is 19.9 Å². The number of benzene rings is 2. The Morgan fingerprint density at radius 2 is 1.09 bits per heavy atom. The Morgan fingerprint density at radius 3 is 1.43 bits per heavy atom. The van der Waals surface area contributed by atoms with Gasteiger partial charge in [-0.15, -0.1) is 0 Å². The molecule has 0 amide bonds. The van der Waals surface area contributed by atoms with Crippen molar-refractivity contribution in [3.63, 3.8) is 0 Å². The number of aliphatic carboxylic acids is 2. The molecular weight excluding hydrogens is 546 g/mol. The first-order chi connectivity index (χ1) is 16.3. The first-order valence-electron chi connectivity index (χ1n) is 10.0. The van der Waals surface area contributed by atoms with Gasteiger partial charge in [-0.3, -0.25) is 0 Å². The molecule has 0 saturated heterocycles. The molecule has 0 unspecified atom stereocenters. The van der Waals surface area contributed by atoms with E-state index in [0.29, 0.717) is 0 Å². The molecule has 0 aliphatic carbocycles. The minimum atomic E-state index is -1.15. The van der Waals surface area contributed by atoms with Gasteiger partial charge >= 0.3 is 31.5 Å². The van der Waals surface area contributed by atoms with Crippen LogP contribution in [0.15, 0.2) is 48.5 Å². The number of para-hydroxylation sites is 4. The van der Waals surface area contributed by atoms with Gasteiger partial charge in [0.2, 0.25) is 0 Å². The summed E-state index contributed by atoms with van der Waals surface area (Å²) in [7, 11) is 0. The van der Waals surface area contributed by atoms with Crippen molar-refractivity contribution in [3.05, 3.63) is 48.5 Å². The number of aromatic nitrogens is 4. The zero-order chi connectivity index (χ0) is 24.5. The number of carboxylic acids is 2. The van der Waals surface area contributed by atoms with Gasteiger partial charge in [0, 0.05) is 24.8 Å². The van der Waals surface area contributed by atoms with E-state index >= 15 is 0 Å². The Balaban J connectivity index is 0.000000240. The fourth-order valence-electron chi connectivity index (χ4n) is 2.68. The van der Waals surface area contributed by atoms with Crippen LogP contribution in [0.4, 0.5) is 0 Å². The number of nitrogens with zero attached hydrogens (tertiary/aromatic N) is 2. The molecule has 4 aromatic rings. The third-order valence-corrected chi connectivity index (χ3v) is 4.80. The predicted molar refractivity (Wildman–Crippen MR) is 127 cm³/mol. The number of carbonyl (C=O) groups is 2. The SMILES string of the molecule is O=C([O-])CCC(=S)Oc1nc2ccccc2[nH]1.O=C([O-])CCC(=S)Oc1nc2ccccc2[nH]1.[Zn+2]. The van der Waals surface area contributed by atoms with Gasteiger partial charge in [0.1, 0.15) is 0 Å². The largest absolute Gasteiger partial charge is 2.00 e. The van der Waals surface area contributed by atoms with Crippen LogP contribution in [0.1, 0.15) is 25.7 Å². The van der Waals surface area contributed by atoms with E-state index < -0.39 is 11.9 Å². The summed E-state index contributed by atoms with van der Waals surface area (Å²) in [6.07, 6.45) is -0.0401. The average Bonchev–Trinajstić information content (AvgIpc) is 3.39. The topological polar surface area (TPSA) is 156 Å². The fraction of sp³-hybridized carbons (Fsp3) is 0.182. The first kappa shape index (κ1) is 28.0. The van der Waals surface area contributed by atoms with Gasteiger partial charge in [-0.25, -0.2) is 0 Å². The van der Waals surface area contributed by atoms with Crippen molar-refractivity contribution in [1.29, 1.82) is 0 Å². The molecule has 2 aromatic carbocycles. The number of rotatable bonds is 8. The third-order valence-electron chi connectivity index (χ3n) is 4.22. The van der Waals surface area contributed by atoms with Crippen LogP contribution in [0.25, 0.3) is 22.1 Å². The molecule has 0 atom stereocenters. The summed E-state index contributed by atoms with van der Waals surface area (Å²) in [6, 6.07) is 15.4. The summed E-state index contributed by atoms with van der Waals surface area (Å²) >= 11 is 9.77. The number of hydrogen-bond acceptors (Lipinski definition) is 10. The number of fused-ring (bicyclic) bond motifs is 2. The summed E-state index contributed by atoms with van der Waals surface area (Å²) in [5.41, 5.74) is 3.21. The Bertz CT molecular complexity index is 1170. The summed E-state index contributed by atoms with van der Waals surface area (Å²) in [5, 5.41) is 20.8. The van der Waals surface area contributed by atoms with E-state index in [-0.39, 0.29) is 67.3 Å². The number of hydrogen-bond donors (Lipinski definition) is 2. The molecule has 10 nitrogen and oxygen atoms in total. The maximum absolute atomic E-state index is 10.2. The Labute approximate surface area is 222 Å². The molecule has 2 N–H and O–H groups in total. The van der Waals surface area contributed by atoms with Gasteiger partial charge in [0.15, 0.2) is 10.1 Å². The molecule has 0 aliphatic rings. The smallest absolute Gasteiger partial charge is 0.550 e. The maximum atomic E-state index is 10.2. The van der Waals surface area contributed by atoms with Gasteiger partial charge in [-0.1, -0.05) is 24.3 Å². The normalized spacial score (nSPS) is 10.1. The molecule has 2 heterocycles. The van der Waals surface area contributed by atoms with Crippen molar-refractivity contribution < 1.29 is 48.8 Å². The number of nitrogens with one attached hydrogen (secondary N) is 2. The van der Waals surface area contributed by atoms with Gasteiger partial charge in [0.05, 0.1) is 22.1 Å². The molecule has 0 radical (unpaired) electrons. The van der Waals surface area contributed by atoms with Crippen LogP contribution in [0.3, 0.4) is 0 Å². The Kier molecular flexibility index (Phi) is 10.8. The van der Waals surface area contributed by atoms with E-state index in [4.69, 9.17) is 33.9 Å². The van der Waals surface area contributed by atoms with Gasteiger partial charge in [0.25, 0.3) is 0 Å². The fourth-order valence-corrected chi connectivity index (χ4v) is 3.04. The standard InChI is InChI=1S/2C11H10N2O3S.Zn/c2*14-9(15)5-6-10(17)16-11-12-7-3-1-2-4-8(7)13-11;/h2*1-4H,5-6H2,(H,12,13)(H,14,15);/q;;+2/p-2. The second-order valence-electron chi connectivity index (χ2n) is 6.81. The van der Waals surface area contributed by atoms with Crippen LogP contribution >= 0.6 is 24.4 Å². The minimum absolute atomic E-state index is 0. The summed E-state index contributed by atoms with van der Waals surface area (Å²) < 4.78 is 10.4. The van der Waals surface area contributed by atoms with Crippen molar-refractivity contribution in [1.82, 2.24) is 19.9 Å². The van der Waals surface area contributed by atoms with Crippen molar-refractivity contribution in [2.45, 2.75) is 25.7 Å². The van der Waals surface area contributed by atoms with E-state index in [1.165, 1.54) is 0 Å². The zero-order valence-electron chi connectivity index (χ0n) is 18.3. The summed E-state index contributed by atoms with van der Waals surface area (Å²) in [4.78, 5) is 34.7. The summed E-state index contributed by atoms with van der Waals surface area (Å²) in [5.74, 6) is -2.30. The molecule has 4 rings (SSSR count). The number of imidazole rings is 2.